The zero-order valence-electron chi connectivity index (χ0n) is 11.8. The van der Waals surface area contributed by atoms with Gasteiger partial charge in [0.2, 0.25) is 0 Å². The maximum absolute atomic E-state index is 5.96. The van der Waals surface area contributed by atoms with Crippen molar-refractivity contribution in [1.82, 2.24) is 14.8 Å². The van der Waals surface area contributed by atoms with Crippen LogP contribution in [0.3, 0.4) is 0 Å². The summed E-state index contributed by atoms with van der Waals surface area (Å²) >= 11 is 1.76. The lowest BCUT2D eigenvalue weighted by Gasteiger charge is -2.09. The molecule has 0 amide bonds. The topological polar surface area (TPSA) is 56.7 Å². The first-order valence-electron chi connectivity index (χ1n) is 7.14. The molecule has 0 radical (unpaired) electrons. The summed E-state index contributed by atoms with van der Waals surface area (Å²) in [4.78, 5) is 0. The number of nitrogen functional groups attached to an aromatic ring is 1. The van der Waals surface area contributed by atoms with Crippen molar-refractivity contribution in [1.29, 1.82) is 0 Å². The van der Waals surface area contributed by atoms with Crippen molar-refractivity contribution in [3.05, 3.63) is 35.2 Å². The Morgan fingerprint density at radius 1 is 1.25 bits per heavy atom. The maximum Gasteiger partial charge on any atom is 0.191 e. The average molecular weight is 288 g/mol. The quantitative estimate of drug-likeness (QED) is 0.696. The van der Waals surface area contributed by atoms with Gasteiger partial charge in [0.25, 0.3) is 0 Å². The lowest BCUT2D eigenvalue weighted by Crippen LogP contribution is -2.02. The molecule has 3 rings (SSSR count). The highest BCUT2D eigenvalue weighted by molar-refractivity contribution is 7.98. The van der Waals surface area contributed by atoms with E-state index in [-0.39, 0.29) is 0 Å². The first-order valence-corrected chi connectivity index (χ1v) is 8.13. The van der Waals surface area contributed by atoms with Crippen LogP contribution in [0.15, 0.2) is 23.4 Å². The van der Waals surface area contributed by atoms with Crippen molar-refractivity contribution in [3.8, 4) is 0 Å². The Morgan fingerprint density at radius 2 is 2.15 bits per heavy atom. The van der Waals surface area contributed by atoms with E-state index in [1.165, 1.54) is 30.4 Å². The number of nitrogens with zero attached hydrogens (tertiary/aromatic N) is 3. The Labute approximate surface area is 123 Å². The fourth-order valence-corrected chi connectivity index (χ4v) is 3.62. The van der Waals surface area contributed by atoms with Crippen molar-refractivity contribution in [2.75, 3.05) is 5.73 Å². The van der Waals surface area contributed by atoms with Crippen LogP contribution < -0.4 is 5.73 Å². The number of nitrogens with two attached hydrogens (primary N) is 1. The first kappa shape index (κ1) is 13.5. The number of aromatic nitrogens is 3. The summed E-state index contributed by atoms with van der Waals surface area (Å²) in [6.45, 7) is 3.14. The smallest absolute Gasteiger partial charge is 0.191 e. The van der Waals surface area contributed by atoms with Gasteiger partial charge in [-0.1, -0.05) is 30.3 Å². The lowest BCUT2D eigenvalue weighted by molar-refractivity contribution is 0.591. The van der Waals surface area contributed by atoms with Crippen LogP contribution in [0.25, 0.3) is 0 Å². The van der Waals surface area contributed by atoms with Crippen LogP contribution >= 0.6 is 11.8 Å². The van der Waals surface area contributed by atoms with Crippen molar-refractivity contribution in [3.63, 3.8) is 0 Å². The molecular weight excluding hydrogens is 268 g/mol. The third kappa shape index (κ3) is 2.68. The Balaban J connectivity index is 1.76. The van der Waals surface area contributed by atoms with E-state index >= 15 is 0 Å². The molecule has 5 heteroatoms. The van der Waals surface area contributed by atoms with Crippen LogP contribution in [0.2, 0.25) is 0 Å². The van der Waals surface area contributed by atoms with Gasteiger partial charge in [0.1, 0.15) is 5.82 Å². The molecule has 1 aliphatic rings. The molecule has 2 heterocycles. The summed E-state index contributed by atoms with van der Waals surface area (Å²) in [6, 6.07) is 6.10. The summed E-state index contributed by atoms with van der Waals surface area (Å²) in [7, 11) is 0. The van der Waals surface area contributed by atoms with Crippen molar-refractivity contribution >= 4 is 17.4 Å². The molecule has 0 bridgehead atoms. The molecule has 2 aromatic rings. The molecule has 20 heavy (non-hydrogen) atoms. The van der Waals surface area contributed by atoms with Crippen LogP contribution in [0, 0.1) is 6.92 Å². The first-order chi connectivity index (χ1) is 9.75. The molecule has 0 saturated heterocycles. The Hall–Kier alpha value is -1.49. The molecule has 0 unspecified atom stereocenters. The number of fused-ring (bicyclic) bond motifs is 1. The fourth-order valence-electron chi connectivity index (χ4n) is 2.57. The molecular formula is C15H20N4S. The lowest BCUT2D eigenvalue weighted by atomic mass is 10.1. The predicted octanol–water partition coefficient (Wildman–Crippen LogP) is 3.19. The number of rotatable bonds is 3. The Bertz CT molecular complexity index is 606. The zero-order chi connectivity index (χ0) is 13.9. The second-order valence-electron chi connectivity index (χ2n) is 5.28. The summed E-state index contributed by atoms with van der Waals surface area (Å²) in [5, 5.41) is 9.73. The standard InChI is InChI=1S/C15H20N4S/c1-11-12(6-5-7-13(11)16)10-20-15-18-17-14-8-3-2-4-9-19(14)15/h5-7H,2-4,8-10,16H2,1H3. The van der Waals surface area contributed by atoms with Crippen LogP contribution in [-0.2, 0) is 18.7 Å². The summed E-state index contributed by atoms with van der Waals surface area (Å²) < 4.78 is 2.29. The summed E-state index contributed by atoms with van der Waals surface area (Å²) in [6.07, 6.45) is 4.82. The van der Waals surface area contributed by atoms with E-state index in [1.807, 2.05) is 12.1 Å². The highest BCUT2D eigenvalue weighted by Crippen LogP contribution is 2.27. The van der Waals surface area contributed by atoms with Gasteiger partial charge in [0, 0.05) is 24.4 Å². The molecule has 1 aliphatic heterocycles. The Kier molecular flexibility index (Phi) is 3.96. The van der Waals surface area contributed by atoms with E-state index in [0.717, 1.165) is 35.4 Å². The van der Waals surface area contributed by atoms with Gasteiger partial charge in [-0.25, -0.2) is 0 Å². The molecule has 1 aromatic carbocycles. The van der Waals surface area contributed by atoms with Gasteiger partial charge < -0.3 is 10.3 Å². The second-order valence-corrected chi connectivity index (χ2v) is 6.22. The van der Waals surface area contributed by atoms with E-state index < -0.39 is 0 Å². The molecule has 0 aliphatic carbocycles. The summed E-state index contributed by atoms with van der Waals surface area (Å²) in [5.41, 5.74) is 9.28. The van der Waals surface area contributed by atoms with E-state index in [9.17, 15) is 0 Å². The molecule has 1 aromatic heterocycles. The van der Waals surface area contributed by atoms with Crippen LogP contribution in [0.5, 0.6) is 0 Å². The molecule has 2 N–H and O–H groups in total. The van der Waals surface area contributed by atoms with Gasteiger partial charge >= 0.3 is 0 Å². The van der Waals surface area contributed by atoms with Crippen LogP contribution in [0.4, 0.5) is 5.69 Å². The van der Waals surface area contributed by atoms with Crippen molar-refractivity contribution in [2.45, 2.75) is 50.1 Å². The van der Waals surface area contributed by atoms with Crippen LogP contribution in [-0.4, -0.2) is 14.8 Å². The number of hydrogen-bond acceptors (Lipinski definition) is 4. The highest BCUT2D eigenvalue weighted by atomic mass is 32.2. The minimum Gasteiger partial charge on any atom is -0.399 e. The second kappa shape index (κ2) is 5.87. The van der Waals surface area contributed by atoms with Gasteiger partial charge in [-0.2, -0.15) is 0 Å². The normalized spacial score (nSPS) is 14.8. The predicted molar refractivity (Wildman–Crippen MR) is 82.7 cm³/mol. The number of hydrogen-bond donors (Lipinski definition) is 1. The van der Waals surface area contributed by atoms with Gasteiger partial charge in [-0.15, -0.1) is 10.2 Å². The van der Waals surface area contributed by atoms with Crippen molar-refractivity contribution < 1.29 is 0 Å². The third-order valence-electron chi connectivity index (χ3n) is 3.92. The molecule has 0 saturated carbocycles. The largest absolute Gasteiger partial charge is 0.399 e. The third-order valence-corrected chi connectivity index (χ3v) is 4.94. The zero-order valence-corrected chi connectivity index (χ0v) is 12.6. The summed E-state index contributed by atoms with van der Waals surface area (Å²) in [5.74, 6) is 2.05. The van der Waals surface area contributed by atoms with E-state index in [4.69, 9.17) is 5.73 Å². The van der Waals surface area contributed by atoms with Crippen molar-refractivity contribution in [2.24, 2.45) is 0 Å². The minimum atomic E-state index is 0.864. The fraction of sp³-hybridized carbons (Fsp3) is 0.467. The van der Waals surface area contributed by atoms with E-state index in [0.29, 0.717) is 0 Å². The number of aryl methyl sites for hydroxylation is 1. The Morgan fingerprint density at radius 3 is 3.05 bits per heavy atom. The monoisotopic (exact) mass is 288 g/mol. The van der Waals surface area contributed by atoms with E-state index in [1.54, 1.807) is 11.8 Å². The van der Waals surface area contributed by atoms with Gasteiger partial charge in [-0.05, 0) is 37.0 Å². The average Bonchev–Trinajstić information content (AvgIpc) is 2.68. The van der Waals surface area contributed by atoms with Crippen LogP contribution in [0.1, 0.15) is 36.2 Å². The molecule has 0 atom stereocenters. The SMILES string of the molecule is Cc1c(N)cccc1CSc1nnc2n1CCCCC2. The molecule has 4 nitrogen and oxygen atoms in total. The molecule has 0 spiro atoms. The molecule has 106 valence electrons. The highest BCUT2D eigenvalue weighted by Gasteiger charge is 2.15. The molecule has 0 fully saturated rings. The maximum atomic E-state index is 5.96. The number of benzene rings is 1. The van der Waals surface area contributed by atoms with Gasteiger partial charge in [0.05, 0.1) is 0 Å². The number of anilines is 1. The number of thioether (sulfide) groups is 1. The van der Waals surface area contributed by atoms with Gasteiger partial charge in [-0.3, -0.25) is 0 Å². The van der Waals surface area contributed by atoms with E-state index in [2.05, 4.69) is 27.8 Å². The van der Waals surface area contributed by atoms with Gasteiger partial charge in [0.15, 0.2) is 5.16 Å². The minimum absolute atomic E-state index is 0.864.